The van der Waals surface area contributed by atoms with E-state index in [1.807, 2.05) is 26.0 Å². The summed E-state index contributed by atoms with van der Waals surface area (Å²) in [7, 11) is 0. The van der Waals surface area contributed by atoms with E-state index in [0.29, 0.717) is 35.1 Å². The SMILES string of the molecule is Cc1ccc(Oc2ccc(C(=N)c3c(N)ncnc3NC3CCC(C)N(C#N)C3)cc2)nc1. The van der Waals surface area contributed by atoms with Gasteiger partial charge in [-0.15, -0.1) is 0 Å². The third kappa shape index (κ3) is 5.01. The van der Waals surface area contributed by atoms with Crippen molar-refractivity contribution in [2.75, 3.05) is 17.6 Å². The van der Waals surface area contributed by atoms with Crippen molar-refractivity contribution < 1.29 is 4.74 Å². The molecule has 33 heavy (non-hydrogen) atoms. The van der Waals surface area contributed by atoms with Crippen LogP contribution in [0.4, 0.5) is 11.6 Å². The molecule has 0 radical (unpaired) electrons. The molecule has 1 saturated heterocycles. The van der Waals surface area contributed by atoms with Gasteiger partial charge in [-0.25, -0.2) is 15.0 Å². The first-order chi connectivity index (χ1) is 15.9. The number of nitriles is 1. The second-order valence-electron chi connectivity index (χ2n) is 8.18. The number of hydrogen-bond acceptors (Lipinski definition) is 9. The molecule has 4 rings (SSSR count). The van der Waals surface area contributed by atoms with E-state index in [2.05, 4.69) is 26.5 Å². The highest BCUT2D eigenvalue weighted by Gasteiger charge is 2.26. The summed E-state index contributed by atoms with van der Waals surface area (Å²) < 4.78 is 5.78. The summed E-state index contributed by atoms with van der Waals surface area (Å²) in [6, 6.07) is 11.1. The summed E-state index contributed by atoms with van der Waals surface area (Å²) >= 11 is 0. The summed E-state index contributed by atoms with van der Waals surface area (Å²) in [5.41, 5.74) is 8.51. The molecule has 0 bridgehead atoms. The number of hydrogen-bond donors (Lipinski definition) is 3. The zero-order chi connectivity index (χ0) is 23.4. The number of ether oxygens (including phenoxy) is 1. The third-order valence-corrected chi connectivity index (χ3v) is 5.73. The molecule has 0 amide bonds. The highest BCUT2D eigenvalue weighted by molar-refractivity contribution is 6.16. The van der Waals surface area contributed by atoms with Crippen LogP contribution >= 0.6 is 0 Å². The first kappa shape index (κ1) is 22.0. The van der Waals surface area contributed by atoms with Gasteiger partial charge in [-0.1, -0.05) is 6.07 Å². The normalized spacial score (nSPS) is 17.8. The van der Waals surface area contributed by atoms with Crippen LogP contribution in [0.1, 0.15) is 36.5 Å². The van der Waals surface area contributed by atoms with Crippen LogP contribution in [-0.2, 0) is 0 Å². The minimum atomic E-state index is 0.0273. The molecule has 3 aromatic rings. The van der Waals surface area contributed by atoms with Gasteiger partial charge in [0.15, 0.2) is 6.19 Å². The van der Waals surface area contributed by atoms with Gasteiger partial charge in [0.2, 0.25) is 5.88 Å². The molecule has 0 saturated carbocycles. The number of benzene rings is 1. The fraction of sp³-hybridized carbons (Fsp3) is 0.292. The number of rotatable bonds is 6. The number of likely N-dealkylation sites (tertiary alicyclic amines) is 1. The summed E-state index contributed by atoms with van der Waals surface area (Å²) in [5, 5.41) is 21.5. The quantitative estimate of drug-likeness (QED) is 0.388. The molecule has 9 nitrogen and oxygen atoms in total. The van der Waals surface area contributed by atoms with Crippen molar-refractivity contribution in [2.45, 2.75) is 38.8 Å². The Labute approximate surface area is 192 Å². The van der Waals surface area contributed by atoms with Crippen LogP contribution < -0.4 is 15.8 Å². The molecule has 3 heterocycles. The van der Waals surface area contributed by atoms with Crippen LogP contribution in [0.2, 0.25) is 0 Å². The molecule has 1 aromatic carbocycles. The van der Waals surface area contributed by atoms with E-state index in [4.69, 9.17) is 15.9 Å². The van der Waals surface area contributed by atoms with E-state index in [1.54, 1.807) is 35.4 Å². The summed E-state index contributed by atoms with van der Waals surface area (Å²) in [5.74, 6) is 1.84. The van der Waals surface area contributed by atoms with E-state index in [0.717, 1.165) is 18.4 Å². The lowest BCUT2D eigenvalue weighted by molar-refractivity contribution is 0.226. The van der Waals surface area contributed by atoms with E-state index >= 15 is 0 Å². The van der Waals surface area contributed by atoms with Crippen LogP contribution in [0.15, 0.2) is 48.9 Å². The minimum Gasteiger partial charge on any atom is -0.439 e. The highest BCUT2D eigenvalue weighted by Crippen LogP contribution is 2.26. The summed E-state index contributed by atoms with van der Waals surface area (Å²) in [4.78, 5) is 14.5. The Morgan fingerprint density at radius 2 is 1.97 bits per heavy atom. The van der Waals surface area contributed by atoms with Crippen LogP contribution in [-0.4, -0.2) is 44.2 Å². The summed E-state index contributed by atoms with van der Waals surface area (Å²) in [6.07, 6.45) is 7.17. The lowest BCUT2D eigenvalue weighted by Crippen LogP contribution is -2.44. The van der Waals surface area contributed by atoms with Crippen molar-refractivity contribution in [3.05, 3.63) is 65.6 Å². The van der Waals surface area contributed by atoms with Crippen LogP contribution in [0, 0.1) is 23.8 Å². The molecular formula is C24H26N8O. The van der Waals surface area contributed by atoms with Crippen LogP contribution in [0.5, 0.6) is 11.6 Å². The van der Waals surface area contributed by atoms with Gasteiger partial charge in [-0.3, -0.25) is 5.41 Å². The van der Waals surface area contributed by atoms with Crippen LogP contribution in [0.3, 0.4) is 0 Å². The lowest BCUT2D eigenvalue weighted by atomic mass is 9.99. The molecule has 0 aliphatic carbocycles. The average molecular weight is 443 g/mol. The predicted molar refractivity (Wildman–Crippen MR) is 126 cm³/mol. The maximum absolute atomic E-state index is 9.36. The Bertz CT molecular complexity index is 1170. The number of nitrogen functional groups attached to an aromatic ring is 1. The topological polar surface area (TPSA) is 137 Å². The second kappa shape index (κ2) is 9.53. The molecule has 1 aliphatic heterocycles. The maximum Gasteiger partial charge on any atom is 0.219 e. The number of nitrogens with one attached hydrogen (secondary N) is 2. The number of anilines is 2. The number of aromatic nitrogens is 3. The zero-order valence-corrected chi connectivity index (χ0v) is 18.6. The second-order valence-corrected chi connectivity index (χ2v) is 8.18. The van der Waals surface area contributed by atoms with Crippen molar-refractivity contribution in [3.8, 4) is 17.8 Å². The van der Waals surface area contributed by atoms with Gasteiger partial charge in [0.25, 0.3) is 0 Å². The van der Waals surface area contributed by atoms with Crippen molar-refractivity contribution in [1.82, 2.24) is 19.9 Å². The Balaban J connectivity index is 1.52. The largest absolute Gasteiger partial charge is 0.439 e. The molecule has 168 valence electrons. The highest BCUT2D eigenvalue weighted by atomic mass is 16.5. The molecule has 4 N–H and O–H groups in total. The van der Waals surface area contributed by atoms with Crippen molar-refractivity contribution in [2.24, 2.45) is 0 Å². The molecule has 0 spiro atoms. The Hall–Kier alpha value is -4.19. The molecule has 2 aromatic heterocycles. The monoisotopic (exact) mass is 442 g/mol. The smallest absolute Gasteiger partial charge is 0.219 e. The van der Waals surface area contributed by atoms with Crippen molar-refractivity contribution >= 4 is 17.3 Å². The molecule has 1 fully saturated rings. The van der Waals surface area contributed by atoms with Gasteiger partial charge in [0.1, 0.15) is 23.7 Å². The summed E-state index contributed by atoms with van der Waals surface area (Å²) in [6.45, 7) is 4.59. The predicted octanol–water partition coefficient (Wildman–Crippen LogP) is 3.72. The molecule has 9 heteroatoms. The van der Waals surface area contributed by atoms with E-state index < -0.39 is 0 Å². The van der Waals surface area contributed by atoms with E-state index in [1.165, 1.54) is 6.33 Å². The van der Waals surface area contributed by atoms with Crippen molar-refractivity contribution in [3.63, 3.8) is 0 Å². The number of nitrogens with zero attached hydrogens (tertiary/aromatic N) is 5. The van der Waals surface area contributed by atoms with Gasteiger partial charge in [-0.2, -0.15) is 5.26 Å². The average Bonchev–Trinajstić information content (AvgIpc) is 2.82. The van der Waals surface area contributed by atoms with E-state index in [-0.39, 0.29) is 23.6 Å². The Kier molecular flexibility index (Phi) is 6.36. The van der Waals surface area contributed by atoms with E-state index in [9.17, 15) is 5.26 Å². The number of aryl methyl sites for hydroxylation is 1. The fourth-order valence-corrected chi connectivity index (χ4v) is 3.78. The van der Waals surface area contributed by atoms with Gasteiger partial charge in [0, 0.05) is 36.5 Å². The minimum absolute atomic E-state index is 0.0273. The van der Waals surface area contributed by atoms with Crippen molar-refractivity contribution in [1.29, 1.82) is 10.7 Å². The maximum atomic E-state index is 9.36. The number of pyridine rings is 1. The fourth-order valence-electron chi connectivity index (χ4n) is 3.78. The van der Waals surface area contributed by atoms with Crippen LogP contribution in [0.25, 0.3) is 0 Å². The molecule has 2 unspecified atom stereocenters. The van der Waals surface area contributed by atoms with Gasteiger partial charge < -0.3 is 20.7 Å². The molecular weight excluding hydrogens is 416 g/mol. The van der Waals surface area contributed by atoms with Gasteiger partial charge >= 0.3 is 0 Å². The van der Waals surface area contributed by atoms with Gasteiger partial charge in [0.05, 0.1) is 11.3 Å². The first-order valence-electron chi connectivity index (χ1n) is 10.8. The van der Waals surface area contributed by atoms with Gasteiger partial charge in [-0.05, 0) is 56.5 Å². The first-order valence-corrected chi connectivity index (χ1v) is 10.8. The Morgan fingerprint density at radius 3 is 2.67 bits per heavy atom. The number of piperidine rings is 1. The molecule has 1 aliphatic rings. The standard InChI is InChI=1S/C24H26N8O/c1-15-3-10-20(28-11-15)33-19-8-5-17(6-9-19)22(26)21-23(27)29-14-30-24(21)31-18-7-4-16(2)32(12-18)13-25/h3,5-6,8-11,14,16,18,26H,4,7,12H2,1-2H3,(H3,27,29,30,31). The molecule has 2 atom stereocenters. The number of nitrogens with two attached hydrogens (primary N) is 1. The lowest BCUT2D eigenvalue weighted by Gasteiger charge is -2.35. The zero-order valence-electron chi connectivity index (χ0n) is 18.6. The Morgan fingerprint density at radius 1 is 1.18 bits per heavy atom. The third-order valence-electron chi connectivity index (χ3n) is 5.73.